The quantitative estimate of drug-likeness (QED) is 0.0795. The fourth-order valence-corrected chi connectivity index (χ4v) is 6.12. The van der Waals surface area contributed by atoms with Crippen LogP contribution in [-0.2, 0) is 0 Å². The maximum Gasteiger partial charge on any atom is 0.0614 e. The van der Waals surface area contributed by atoms with Crippen molar-refractivity contribution in [3.63, 3.8) is 0 Å². The average molecular weight is 627 g/mol. The molecule has 0 rings (SSSR count). The molecule has 0 aromatic carbocycles. The summed E-state index contributed by atoms with van der Waals surface area (Å²) in [5.41, 5.74) is 1.34. The second-order valence-corrected chi connectivity index (χ2v) is 15.6. The molecule has 5 unspecified atom stereocenters. The molecule has 0 saturated heterocycles. The fraction of sp³-hybridized carbons (Fsp3) is 0.951. The highest BCUT2D eigenvalue weighted by molar-refractivity contribution is 4.97. The van der Waals surface area contributed by atoms with Gasteiger partial charge in [-0.1, -0.05) is 177 Å². The SMILES string of the molecule is C/C(=C\CO)CCCC(C)CCCC(C)CCCC(C)C.CC(C)CCCC(C)CCCC(C)CCCC(C)CCO.CO. The first-order valence-corrected chi connectivity index (χ1v) is 19.2. The summed E-state index contributed by atoms with van der Waals surface area (Å²) >= 11 is 0. The van der Waals surface area contributed by atoms with E-state index in [9.17, 15) is 0 Å². The molecule has 0 amide bonds. The molecule has 0 fully saturated rings. The Morgan fingerprint density at radius 2 is 0.705 bits per heavy atom. The molecule has 3 N–H and O–H groups in total. The van der Waals surface area contributed by atoms with E-state index in [0.29, 0.717) is 12.5 Å². The first-order chi connectivity index (χ1) is 20.9. The molecule has 0 spiro atoms. The number of allylic oxidation sites excluding steroid dienone is 1. The third kappa shape index (κ3) is 39.6. The van der Waals surface area contributed by atoms with Crippen LogP contribution in [-0.4, -0.2) is 35.6 Å². The maximum atomic E-state index is 8.91. The lowest BCUT2D eigenvalue weighted by Gasteiger charge is -2.16. The van der Waals surface area contributed by atoms with Crippen LogP contribution in [0.15, 0.2) is 11.6 Å². The van der Waals surface area contributed by atoms with Crippen molar-refractivity contribution in [2.75, 3.05) is 20.3 Å². The van der Waals surface area contributed by atoms with Gasteiger partial charge in [0.2, 0.25) is 0 Å². The van der Waals surface area contributed by atoms with Gasteiger partial charge in [0.1, 0.15) is 0 Å². The van der Waals surface area contributed by atoms with Crippen molar-refractivity contribution in [2.24, 2.45) is 41.4 Å². The van der Waals surface area contributed by atoms with E-state index in [2.05, 4.69) is 69.2 Å². The van der Waals surface area contributed by atoms with Crippen LogP contribution in [0.2, 0.25) is 0 Å². The molecule has 0 aromatic heterocycles. The summed E-state index contributed by atoms with van der Waals surface area (Å²) in [5.74, 6) is 5.99. The topological polar surface area (TPSA) is 60.7 Å². The lowest BCUT2D eigenvalue weighted by molar-refractivity contribution is 0.255. The van der Waals surface area contributed by atoms with Gasteiger partial charge >= 0.3 is 0 Å². The van der Waals surface area contributed by atoms with E-state index in [4.69, 9.17) is 15.3 Å². The summed E-state index contributed by atoms with van der Waals surface area (Å²) in [5, 5.41) is 24.7. The van der Waals surface area contributed by atoms with Crippen molar-refractivity contribution >= 4 is 0 Å². The molecule has 0 radical (unpaired) electrons. The number of aliphatic hydroxyl groups is 3. The van der Waals surface area contributed by atoms with Crippen LogP contribution in [0.1, 0.15) is 191 Å². The van der Waals surface area contributed by atoms with E-state index in [1.807, 2.05) is 6.08 Å². The van der Waals surface area contributed by atoms with Crippen LogP contribution in [0.5, 0.6) is 0 Å². The number of hydrogen-bond acceptors (Lipinski definition) is 3. The summed E-state index contributed by atoms with van der Waals surface area (Å²) in [6, 6.07) is 0. The van der Waals surface area contributed by atoms with Crippen LogP contribution in [0.4, 0.5) is 0 Å². The van der Waals surface area contributed by atoms with Gasteiger partial charge in [0.25, 0.3) is 0 Å². The van der Waals surface area contributed by atoms with Crippen LogP contribution in [0.25, 0.3) is 0 Å². The van der Waals surface area contributed by atoms with E-state index in [-0.39, 0.29) is 6.61 Å². The Morgan fingerprint density at radius 3 is 0.977 bits per heavy atom. The second kappa shape index (κ2) is 35.5. The molecule has 3 nitrogen and oxygen atoms in total. The summed E-state index contributed by atoms with van der Waals surface area (Å²) in [7, 11) is 1.00. The molecule has 0 aliphatic heterocycles. The number of hydrogen-bond donors (Lipinski definition) is 3. The minimum absolute atomic E-state index is 0.191. The minimum atomic E-state index is 0.191. The third-order valence-corrected chi connectivity index (χ3v) is 9.47. The van der Waals surface area contributed by atoms with Gasteiger partial charge in [0, 0.05) is 13.7 Å². The van der Waals surface area contributed by atoms with E-state index in [0.717, 1.165) is 55.5 Å². The second-order valence-electron chi connectivity index (χ2n) is 15.6. The monoisotopic (exact) mass is 627 g/mol. The fourth-order valence-electron chi connectivity index (χ4n) is 6.12. The van der Waals surface area contributed by atoms with Gasteiger partial charge in [-0.05, 0) is 67.6 Å². The molecule has 44 heavy (non-hydrogen) atoms. The Balaban J connectivity index is -0.000000723. The standard InChI is InChI=1S/C20H42O.C20H40O.CH4O/c2*1-17(2)9-6-10-18(3)11-7-12-19(4)13-8-14-20(5)15-16-21;1-2/h17-21H,6-16H2,1-5H3;15,17-19,21H,6-14,16H2,1-5H3;2H,1H3/b;20-15+;. The molecule has 0 saturated carbocycles. The Bertz CT molecular complexity index is 570. The molecular weight excluding hydrogens is 540 g/mol. The molecule has 3 heteroatoms. The zero-order valence-electron chi connectivity index (χ0n) is 32.3. The van der Waals surface area contributed by atoms with E-state index < -0.39 is 0 Å². The van der Waals surface area contributed by atoms with Crippen LogP contribution >= 0.6 is 0 Å². The molecule has 0 heterocycles. The smallest absolute Gasteiger partial charge is 0.0614 e. The van der Waals surface area contributed by atoms with Gasteiger partial charge < -0.3 is 15.3 Å². The van der Waals surface area contributed by atoms with Crippen molar-refractivity contribution in [2.45, 2.75) is 191 Å². The molecular formula is C41H86O3. The summed E-state index contributed by atoms with van der Waals surface area (Å²) in [6.45, 7) is 23.9. The van der Waals surface area contributed by atoms with E-state index in [1.165, 1.54) is 115 Å². The van der Waals surface area contributed by atoms with Gasteiger partial charge in [0.05, 0.1) is 6.61 Å². The third-order valence-electron chi connectivity index (χ3n) is 9.47. The van der Waals surface area contributed by atoms with Crippen molar-refractivity contribution < 1.29 is 15.3 Å². The molecule has 268 valence electrons. The highest BCUT2D eigenvalue weighted by atomic mass is 16.3. The van der Waals surface area contributed by atoms with E-state index in [1.54, 1.807) is 0 Å². The Labute approximate surface area is 279 Å². The van der Waals surface area contributed by atoms with Crippen molar-refractivity contribution in [3.8, 4) is 0 Å². The van der Waals surface area contributed by atoms with Crippen LogP contribution in [0, 0.1) is 41.4 Å². The normalized spacial score (nSPS) is 15.2. The first kappa shape index (κ1) is 48.0. The predicted octanol–water partition coefficient (Wildman–Crippen LogP) is 12.4. The van der Waals surface area contributed by atoms with E-state index >= 15 is 0 Å². The van der Waals surface area contributed by atoms with Gasteiger partial charge in [-0.15, -0.1) is 0 Å². The van der Waals surface area contributed by atoms with Crippen LogP contribution in [0.3, 0.4) is 0 Å². The lowest BCUT2D eigenvalue weighted by Crippen LogP contribution is -2.02. The highest BCUT2D eigenvalue weighted by Crippen LogP contribution is 2.23. The molecule has 5 atom stereocenters. The van der Waals surface area contributed by atoms with Gasteiger partial charge in [-0.3, -0.25) is 0 Å². The minimum Gasteiger partial charge on any atom is -0.400 e. The number of rotatable bonds is 27. The Kier molecular flexibility index (Phi) is 38.7. The van der Waals surface area contributed by atoms with Crippen molar-refractivity contribution in [1.29, 1.82) is 0 Å². The molecule has 0 aliphatic carbocycles. The van der Waals surface area contributed by atoms with Crippen molar-refractivity contribution in [3.05, 3.63) is 11.6 Å². The van der Waals surface area contributed by atoms with Crippen molar-refractivity contribution in [1.82, 2.24) is 0 Å². The highest BCUT2D eigenvalue weighted by Gasteiger charge is 2.09. The van der Waals surface area contributed by atoms with Gasteiger partial charge in [-0.25, -0.2) is 0 Å². The molecule has 0 aromatic rings. The zero-order chi connectivity index (χ0) is 34.2. The van der Waals surface area contributed by atoms with Crippen LogP contribution < -0.4 is 0 Å². The number of aliphatic hydroxyl groups excluding tert-OH is 3. The predicted molar refractivity (Wildman–Crippen MR) is 199 cm³/mol. The van der Waals surface area contributed by atoms with Gasteiger partial charge in [0.15, 0.2) is 0 Å². The zero-order valence-corrected chi connectivity index (χ0v) is 32.3. The van der Waals surface area contributed by atoms with Gasteiger partial charge in [-0.2, -0.15) is 0 Å². The average Bonchev–Trinajstić information content (AvgIpc) is 2.94. The lowest BCUT2D eigenvalue weighted by atomic mass is 9.91. The summed E-state index contributed by atoms with van der Waals surface area (Å²) in [6.07, 6.45) is 27.5. The first-order valence-electron chi connectivity index (χ1n) is 19.2. The Morgan fingerprint density at radius 1 is 0.432 bits per heavy atom. The largest absolute Gasteiger partial charge is 0.400 e. The maximum absolute atomic E-state index is 8.91. The molecule has 0 aliphatic rings. The molecule has 0 bridgehead atoms. The summed E-state index contributed by atoms with van der Waals surface area (Å²) < 4.78 is 0. The Hall–Kier alpha value is -0.380. The summed E-state index contributed by atoms with van der Waals surface area (Å²) in [4.78, 5) is 0.